The molecule has 0 aliphatic carbocycles. The Kier molecular flexibility index (Phi) is 10.5. The largest absolute Gasteiger partial charge is 0.496 e. The monoisotopic (exact) mass is 709 g/mol. The van der Waals surface area contributed by atoms with Gasteiger partial charge in [0.05, 0.1) is 32.3 Å². The van der Waals surface area contributed by atoms with Crippen molar-refractivity contribution in [2.45, 2.75) is 12.8 Å². The maximum atomic E-state index is 13.0. The van der Waals surface area contributed by atoms with E-state index in [1.807, 2.05) is 30.3 Å². The Morgan fingerprint density at radius 2 is 1.33 bits per heavy atom. The molecule has 0 N–H and O–H groups in total. The lowest BCUT2D eigenvalue weighted by Gasteiger charge is -2.22. The third-order valence-electron chi connectivity index (χ3n) is 6.68. The highest BCUT2D eigenvalue weighted by Crippen LogP contribution is 2.52. The zero-order valence-electron chi connectivity index (χ0n) is 26.2. The second kappa shape index (κ2) is 14.0. The van der Waals surface area contributed by atoms with Crippen molar-refractivity contribution in [3.8, 4) is 51.0 Å². The summed E-state index contributed by atoms with van der Waals surface area (Å²) >= 11 is 0. The molecule has 0 fully saturated rings. The zero-order chi connectivity index (χ0) is 35.4. The minimum atomic E-state index is -5.09. The van der Waals surface area contributed by atoms with Crippen LogP contribution in [0.1, 0.15) is 5.56 Å². The smallest absolute Gasteiger partial charge is 0.471 e. The minimum absolute atomic E-state index is 0.0311. The van der Waals surface area contributed by atoms with Crippen LogP contribution in [0.2, 0.25) is 0 Å². The van der Waals surface area contributed by atoms with Crippen LogP contribution >= 0.6 is 0 Å². The van der Waals surface area contributed by atoms with Crippen molar-refractivity contribution in [1.29, 1.82) is 0 Å². The predicted molar refractivity (Wildman–Crippen MR) is 172 cm³/mol. The minimum Gasteiger partial charge on any atom is -0.496 e. The van der Waals surface area contributed by atoms with Crippen molar-refractivity contribution < 1.29 is 57.4 Å². The fourth-order valence-electron chi connectivity index (χ4n) is 4.62. The summed E-state index contributed by atoms with van der Waals surface area (Å²) in [6.45, 7) is 0.0769. The van der Waals surface area contributed by atoms with Crippen LogP contribution in [0.25, 0.3) is 22.3 Å². The van der Waals surface area contributed by atoms with Crippen molar-refractivity contribution in [2.24, 2.45) is 0 Å². The van der Waals surface area contributed by atoms with E-state index in [1.165, 1.54) is 62.8 Å². The van der Waals surface area contributed by atoms with Crippen LogP contribution in [0.5, 0.6) is 28.7 Å². The summed E-state index contributed by atoms with van der Waals surface area (Å²) in [5, 5.41) is 0. The van der Waals surface area contributed by atoms with Crippen LogP contribution in [-0.4, -0.2) is 62.7 Å². The van der Waals surface area contributed by atoms with Gasteiger partial charge in [0.2, 0.25) is 0 Å². The molecule has 0 spiro atoms. The van der Waals surface area contributed by atoms with Gasteiger partial charge in [0.25, 0.3) is 0 Å². The number of anilines is 1. The molecule has 4 aromatic carbocycles. The number of alkyl halides is 3. The van der Waals surface area contributed by atoms with Gasteiger partial charge < -0.3 is 27.5 Å². The van der Waals surface area contributed by atoms with Crippen molar-refractivity contribution in [2.75, 3.05) is 38.7 Å². The fourth-order valence-corrected chi connectivity index (χ4v) is 5.54. The Balaban J connectivity index is 1.89. The Morgan fingerprint density at radius 3 is 1.88 bits per heavy atom. The van der Waals surface area contributed by atoms with E-state index in [9.17, 15) is 34.8 Å². The maximum absolute atomic E-state index is 13.0. The summed E-state index contributed by atoms with van der Waals surface area (Å²) < 4.78 is 116. The van der Waals surface area contributed by atoms with Gasteiger partial charge in [0, 0.05) is 18.3 Å². The highest BCUT2D eigenvalue weighted by molar-refractivity contribution is 7.86. The standard InChI is InChI=1S/C32H30F3NO10S2/c1-36(31(37)32(33,34)35)23-14-11-21(12-15-23)24-18-27(42-2)28(30(29(24)43-3)46-48(5,40)41)22-13-16-25(26(17-22)45-47(4,38)39)44-19-20-9-7-6-8-10-20/h6-18H,19H2,1-5H3. The lowest BCUT2D eigenvalue weighted by molar-refractivity contribution is -0.170. The number of nitrogens with zero attached hydrogens (tertiary/aromatic N) is 1. The molecule has 16 heteroatoms. The van der Waals surface area contributed by atoms with Crippen molar-refractivity contribution >= 4 is 31.8 Å². The number of carbonyl (C=O) groups excluding carboxylic acids is 1. The molecule has 0 aliphatic rings. The van der Waals surface area contributed by atoms with Crippen LogP contribution in [0.3, 0.4) is 0 Å². The molecule has 4 aromatic rings. The molecule has 256 valence electrons. The van der Waals surface area contributed by atoms with E-state index in [0.717, 1.165) is 25.1 Å². The Morgan fingerprint density at radius 1 is 0.729 bits per heavy atom. The van der Waals surface area contributed by atoms with Gasteiger partial charge in [-0.05, 0) is 47.0 Å². The second-order valence-corrected chi connectivity index (χ2v) is 13.4. The molecular weight excluding hydrogens is 679 g/mol. The van der Waals surface area contributed by atoms with Gasteiger partial charge in [0.15, 0.2) is 23.0 Å². The van der Waals surface area contributed by atoms with Gasteiger partial charge in [-0.15, -0.1) is 0 Å². The van der Waals surface area contributed by atoms with Gasteiger partial charge in [-0.2, -0.15) is 30.0 Å². The van der Waals surface area contributed by atoms with E-state index in [2.05, 4.69) is 0 Å². The molecule has 0 aliphatic heterocycles. The Bertz CT molecular complexity index is 2020. The van der Waals surface area contributed by atoms with Crippen LogP contribution in [0.4, 0.5) is 18.9 Å². The number of hydrogen-bond acceptors (Lipinski definition) is 10. The third kappa shape index (κ3) is 8.68. The fraction of sp³-hybridized carbons (Fsp3) is 0.219. The van der Waals surface area contributed by atoms with E-state index in [4.69, 9.17) is 22.6 Å². The number of hydrogen-bond donors (Lipinski definition) is 0. The summed E-state index contributed by atoms with van der Waals surface area (Å²) in [5.74, 6) is -2.63. The number of benzene rings is 4. The van der Waals surface area contributed by atoms with Gasteiger partial charge in [-0.3, -0.25) is 4.79 Å². The van der Waals surface area contributed by atoms with E-state index >= 15 is 0 Å². The normalized spacial score (nSPS) is 11.8. The van der Waals surface area contributed by atoms with Crippen molar-refractivity contribution in [1.82, 2.24) is 0 Å². The van der Waals surface area contributed by atoms with Crippen molar-refractivity contribution in [3.05, 3.63) is 84.4 Å². The van der Waals surface area contributed by atoms with Crippen molar-refractivity contribution in [3.63, 3.8) is 0 Å². The second-order valence-electron chi connectivity index (χ2n) is 10.3. The first kappa shape index (κ1) is 35.9. The quantitative estimate of drug-likeness (QED) is 0.166. The number of ether oxygens (including phenoxy) is 3. The summed E-state index contributed by atoms with van der Waals surface area (Å²) in [5.41, 5.74) is 1.49. The first-order valence-electron chi connectivity index (χ1n) is 13.8. The Hall–Kier alpha value is -4.96. The number of amides is 1. The van der Waals surface area contributed by atoms with Crippen LogP contribution in [-0.2, 0) is 31.6 Å². The first-order valence-corrected chi connectivity index (χ1v) is 17.4. The summed E-state index contributed by atoms with van der Waals surface area (Å²) in [6, 6.07) is 20.1. The molecule has 48 heavy (non-hydrogen) atoms. The van der Waals surface area contributed by atoms with Crippen LogP contribution in [0.15, 0.2) is 78.9 Å². The summed E-state index contributed by atoms with van der Waals surface area (Å²) in [6.07, 6.45) is -3.44. The lowest BCUT2D eigenvalue weighted by Crippen LogP contribution is -2.38. The highest BCUT2D eigenvalue weighted by atomic mass is 32.2. The molecule has 0 atom stereocenters. The molecule has 4 rings (SSSR count). The third-order valence-corrected chi connectivity index (χ3v) is 7.63. The SMILES string of the molecule is COc1cc(-c2ccc(N(C)C(=O)C(F)(F)F)cc2)c(OC)c(OS(C)(=O)=O)c1-c1ccc(OCc2ccccc2)c(OS(C)(=O)=O)c1. The highest BCUT2D eigenvalue weighted by Gasteiger charge is 2.41. The Labute approximate surface area is 275 Å². The van der Waals surface area contributed by atoms with E-state index in [-0.39, 0.29) is 57.7 Å². The van der Waals surface area contributed by atoms with Crippen LogP contribution < -0.4 is 27.5 Å². The molecule has 1 amide bonds. The zero-order valence-corrected chi connectivity index (χ0v) is 27.8. The maximum Gasteiger partial charge on any atom is 0.471 e. The predicted octanol–water partition coefficient (Wildman–Crippen LogP) is 5.82. The average Bonchev–Trinajstić information content (AvgIpc) is 3.01. The summed E-state index contributed by atoms with van der Waals surface area (Å²) in [7, 11) is -4.78. The molecular formula is C32H30F3NO10S2. The summed E-state index contributed by atoms with van der Waals surface area (Å²) in [4.78, 5) is 12.2. The van der Waals surface area contributed by atoms with Gasteiger partial charge in [-0.25, -0.2) is 0 Å². The van der Waals surface area contributed by atoms with E-state index < -0.39 is 32.3 Å². The van der Waals surface area contributed by atoms with E-state index in [1.54, 1.807) is 0 Å². The lowest BCUT2D eigenvalue weighted by atomic mass is 9.96. The molecule has 0 unspecified atom stereocenters. The van der Waals surface area contributed by atoms with Gasteiger partial charge >= 0.3 is 32.3 Å². The van der Waals surface area contributed by atoms with E-state index in [0.29, 0.717) is 10.5 Å². The van der Waals surface area contributed by atoms with Gasteiger partial charge in [-0.1, -0.05) is 48.5 Å². The first-order chi connectivity index (χ1) is 22.4. The molecule has 0 radical (unpaired) electrons. The molecule has 0 heterocycles. The molecule has 11 nitrogen and oxygen atoms in total. The number of carbonyl (C=O) groups is 1. The molecule has 0 bridgehead atoms. The number of halogens is 3. The molecule has 0 saturated heterocycles. The topological polar surface area (TPSA) is 135 Å². The van der Waals surface area contributed by atoms with Crippen LogP contribution in [0, 0.1) is 0 Å². The molecule has 0 saturated carbocycles. The number of rotatable bonds is 12. The average molecular weight is 710 g/mol. The number of methoxy groups -OCH3 is 2. The van der Waals surface area contributed by atoms with Gasteiger partial charge in [0.1, 0.15) is 12.4 Å². The molecule has 0 aromatic heterocycles.